The highest BCUT2D eigenvalue weighted by atomic mass is 16.1. The van der Waals surface area contributed by atoms with Crippen LogP contribution >= 0.6 is 0 Å². The smallest absolute Gasteiger partial charge is 0.233 e. The first-order chi connectivity index (χ1) is 13.5. The van der Waals surface area contributed by atoms with Crippen LogP contribution in [0.25, 0.3) is 16.7 Å². The zero-order chi connectivity index (χ0) is 19.8. The highest BCUT2D eigenvalue weighted by molar-refractivity contribution is 5.93. The molecule has 0 aliphatic rings. The number of carbonyl (C=O) groups excluding carboxylic acids is 1. The van der Waals surface area contributed by atoms with Crippen LogP contribution < -0.4 is 5.32 Å². The molecular formula is C22H25N5O. The van der Waals surface area contributed by atoms with E-state index in [4.69, 9.17) is 0 Å². The molecule has 0 unspecified atom stereocenters. The van der Waals surface area contributed by atoms with E-state index in [1.165, 1.54) is 11.1 Å². The number of hydrogen-bond donors (Lipinski definition) is 2. The van der Waals surface area contributed by atoms with E-state index < -0.39 is 0 Å². The maximum atomic E-state index is 12.9. The van der Waals surface area contributed by atoms with Crippen molar-refractivity contribution in [2.24, 2.45) is 0 Å². The molecule has 4 rings (SSSR count). The SMILES string of the molecule is CC[C@@H](NC(=O)Cc1c(C)[nH]c2c(C)ccc(C)c12)c1cn2cccnc2n1. The third-order valence-electron chi connectivity index (χ3n) is 5.38. The first-order valence-electron chi connectivity index (χ1n) is 9.64. The Balaban J connectivity index is 1.59. The van der Waals surface area contributed by atoms with Crippen LogP contribution in [0.3, 0.4) is 0 Å². The van der Waals surface area contributed by atoms with Crippen molar-refractivity contribution in [3.8, 4) is 0 Å². The van der Waals surface area contributed by atoms with Gasteiger partial charge < -0.3 is 10.3 Å². The van der Waals surface area contributed by atoms with E-state index in [0.717, 1.165) is 34.3 Å². The molecule has 1 atom stereocenters. The monoisotopic (exact) mass is 375 g/mol. The number of benzene rings is 1. The molecule has 0 saturated carbocycles. The molecule has 0 aliphatic heterocycles. The topological polar surface area (TPSA) is 75.1 Å². The quantitative estimate of drug-likeness (QED) is 0.555. The van der Waals surface area contributed by atoms with Crippen molar-refractivity contribution in [3.63, 3.8) is 0 Å². The highest BCUT2D eigenvalue weighted by Gasteiger charge is 2.19. The standard InChI is InChI=1S/C22H25N5O/c1-5-17(18-12-27-10-6-9-23-22(27)26-18)25-19(28)11-16-15(4)24-21-14(3)8-7-13(2)20(16)21/h6-10,12,17,24H,5,11H2,1-4H3,(H,25,28)/t17-/m1/s1. The minimum absolute atomic E-state index is 0.00164. The largest absolute Gasteiger partial charge is 0.358 e. The predicted molar refractivity (Wildman–Crippen MR) is 110 cm³/mol. The third kappa shape index (κ3) is 3.15. The molecule has 0 spiro atoms. The number of carbonyl (C=O) groups is 1. The molecule has 4 aromatic rings. The Morgan fingerprint density at radius 2 is 2.04 bits per heavy atom. The lowest BCUT2D eigenvalue weighted by Gasteiger charge is -2.15. The van der Waals surface area contributed by atoms with E-state index >= 15 is 0 Å². The summed E-state index contributed by atoms with van der Waals surface area (Å²) in [5.41, 5.74) is 6.45. The molecule has 3 aromatic heterocycles. The summed E-state index contributed by atoms with van der Waals surface area (Å²) in [6.07, 6.45) is 6.67. The van der Waals surface area contributed by atoms with Gasteiger partial charge in [-0.3, -0.25) is 9.20 Å². The summed E-state index contributed by atoms with van der Waals surface area (Å²) in [6, 6.07) is 5.96. The van der Waals surface area contributed by atoms with Crippen molar-refractivity contribution < 1.29 is 4.79 Å². The van der Waals surface area contributed by atoms with Gasteiger partial charge >= 0.3 is 0 Å². The van der Waals surface area contributed by atoms with E-state index in [0.29, 0.717) is 12.2 Å². The molecular weight excluding hydrogens is 350 g/mol. The van der Waals surface area contributed by atoms with Crippen molar-refractivity contribution >= 4 is 22.6 Å². The van der Waals surface area contributed by atoms with Gasteiger partial charge in [-0.2, -0.15) is 0 Å². The first-order valence-corrected chi connectivity index (χ1v) is 9.64. The number of fused-ring (bicyclic) bond motifs is 2. The van der Waals surface area contributed by atoms with Gasteiger partial charge in [-0.1, -0.05) is 19.1 Å². The van der Waals surface area contributed by atoms with Crippen LogP contribution in [0.1, 0.15) is 47.5 Å². The Kier molecular flexibility index (Phi) is 4.63. The molecule has 3 heterocycles. The van der Waals surface area contributed by atoms with Crippen LogP contribution in [0.15, 0.2) is 36.8 Å². The van der Waals surface area contributed by atoms with Gasteiger partial charge in [0.15, 0.2) is 0 Å². The number of nitrogens with zero attached hydrogens (tertiary/aromatic N) is 3. The Bertz CT molecular complexity index is 1140. The summed E-state index contributed by atoms with van der Waals surface area (Å²) in [4.78, 5) is 25.2. The van der Waals surface area contributed by atoms with Crippen LogP contribution in [0.2, 0.25) is 0 Å². The maximum absolute atomic E-state index is 12.9. The number of aromatic nitrogens is 4. The highest BCUT2D eigenvalue weighted by Crippen LogP contribution is 2.28. The maximum Gasteiger partial charge on any atom is 0.233 e. The lowest BCUT2D eigenvalue weighted by Crippen LogP contribution is -2.29. The van der Waals surface area contributed by atoms with E-state index in [2.05, 4.69) is 46.2 Å². The Labute approximate surface area is 164 Å². The van der Waals surface area contributed by atoms with Crippen molar-refractivity contribution in [1.82, 2.24) is 24.7 Å². The normalized spacial score (nSPS) is 12.6. The Morgan fingerprint density at radius 3 is 2.79 bits per heavy atom. The molecule has 1 aromatic carbocycles. The van der Waals surface area contributed by atoms with Gasteiger partial charge in [-0.05, 0) is 49.9 Å². The van der Waals surface area contributed by atoms with Crippen LogP contribution in [-0.4, -0.2) is 25.3 Å². The minimum Gasteiger partial charge on any atom is -0.358 e. The van der Waals surface area contributed by atoms with Gasteiger partial charge in [0, 0.05) is 35.2 Å². The van der Waals surface area contributed by atoms with Gasteiger partial charge in [0.25, 0.3) is 0 Å². The summed E-state index contributed by atoms with van der Waals surface area (Å²) in [5, 5.41) is 4.32. The molecule has 0 saturated heterocycles. The molecule has 0 radical (unpaired) electrons. The number of H-pyrrole nitrogens is 1. The number of aromatic amines is 1. The lowest BCUT2D eigenvalue weighted by molar-refractivity contribution is -0.121. The van der Waals surface area contributed by atoms with Crippen LogP contribution in [-0.2, 0) is 11.2 Å². The van der Waals surface area contributed by atoms with E-state index in [-0.39, 0.29) is 11.9 Å². The number of rotatable bonds is 5. The lowest BCUT2D eigenvalue weighted by atomic mass is 10.0. The van der Waals surface area contributed by atoms with Crippen molar-refractivity contribution in [3.05, 3.63) is 64.9 Å². The van der Waals surface area contributed by atoms with Gasteiger partial charge in [0.05, 0.1) is 18.2 Å². The molecule has 2 N–H and O–H groups in total. The molecule has 6 nitrogen and oxygen atoms in total. The summed E-state index contributed by atoms with van der Waals surface area (Å²) < 4.78 is 1.88. The minimum atomic E-state index is -0.137. The average Bonchev–Trinajstić information content (AvgIpc) is 3.25. The Morgan fingerprint density at radius 1 is 1.25 bits per heavy atom. The fourth-order valence-corrected chi connectivity index (χ4v) is 3.84. The van der Waals surface area contributed by atoms with E-state index in [9.17, 15) is 4.79 Å². The van der Waals surface area contributed by atoms with Crippen LogP contribution in [0, 0.1) is 20.8 Å². The summed E-state index contributed by atoms with van der Waals surface area (Å²) in [5.74, 6) is 0.644. The second-order valence-corrected chi connectivity index (χ2v) is 7.38. The number of aryl methyl sites for hydroxylation is 3. The second kappa shape index (κ2) is 7.11. The van der Waals surface area contributed by atoms with Crippen molar-refractivity contribution in [2.45, 2.75) is 46.6 Å². The summed E-state index contributed by atoms with van der Waals surface area (Å²) >= 11 is 0. The number of amides is 1. The van der Waals surface area contributed by atoms with E-state index in [1.54, 1.807) is 6.20 Å². The molecule has 0 aliphatic carbocycles. The zero-order valence-electron chi connectivity index (χ0n) is 16.7. The zero-order valence-corrected chi connectivity index (χ0v) is 16.7. The van der Waals surface area contributed by atoms with E-state index in [1.807, 2.05) is 36.7 Å². The molecule has 28 heavy (non-hydrogen) atoms. The number of hydrogen-bond acceptors (Lipinski definition) is 3. The van der Waals surface area contributed by atoms with Crippen molar-refractivity contribution in [2.75, 3.05) is 0 Å². The van der Waals surface area contributed by atoms with Crippen molar-refractivity contribution in [1.29, 1.82) is 0 Å². The number of imidazole rings is 1. The van der Waals surface area contributed by atoms with Gasteiger partial charge in [0.2, 0.25) is 11.7 Å². The Hall–Kier alpha value is -3.15. The predicted octanol–water partition coefficient (Wildman–Crippen LogP) is 3.95. The molecule has 0 bridgehead atoms. The van der Waals surface area contributed by atoms with Gasteiger partial charge in [-0.15, -0.1) is 0 Å². The summed E-state index contributed by atoms with van der Waals surface area (Å²) in [6.45, 7) is 8.26. The molecule has 6 heteroatoms. The second-order valence-electron chi connectivity index (χ2n) is 7.38. The van der Waals surface area contributed by atoms with Gasteiger partial charge in [0.1, 0.15) is 0 Å². The molecule has 0 fully saturated rings. The van der Waals surface area contributed by atoms with Crippen LogP contribution in [0.4, 0.5) is 0 Å². The first kappa shape index (κ1) is 18.2. The van der Waals surface area contributed by atoms with Gasteiger partial charge in [-0.25, -0.2) is 9.97 Å². The molecule has 144 valence electrons. The average molecular weight is 375 g/mol. The molecule has 1 amide bonds. The number of nitrogens with one attached hydrogen (secondary N) is 2. The fraction of sp³-hybridized carbons (Fsp3) is 0.318. The summed E-state index contributed by atoms with van der Waals surface area (Å²) in [7, 11) is 0. The van der Waals surface area contributed by atoms with Crippen LogP contribution in [0.5, 0.6) is 0 Å². The fourth-order valence-electron chi connectivity index (χ4n) is 3.84. The third-order valence-corrected chi connectivity index (χ3v) is 5.38.